The minimum atomic E-state index is -0.268. The molecule has 24 heavy (non-hydrogen) atoms. The van der Waals surface area contributed by atoms with Gasteiger partial charge in [-0.05, 0) is 49.6 Å². The number of halogens is 1. The van der Waals surface area contributed by atoms with Crippen LogP contribution in [-0.4, -0.2) is 18.4 Å². The van der Waals surface area contributed by atoms with Gasteiger partial charge in [0, 0.05) is 28.2 Å². The molecule has 1 aliphatic carbocycles. The van der Waals surface area contributed by atoms with E-state index in [1.807, 2.05) is 24.3 Å². The van der Waals surface area contributed by atoms with E-state index >= 15 is 0 Å². The first-order chi connectivity index (χ1) is 11.5. The van der Waals surface area contributed by atoms with Gasteiger partial charge in [-0.15, -0.1) is 0 Å². The number of hydrogen-bond acceptors (Lipinski definition) is 2. The van der Waals surface area contributed by atoms with Crippen molar-refractivity contribution in [3.05, 3.63) is 64.7 Å². The van der Waals surface area contributed by atoms with Crippen molar-refractivity contribution in [1.82, 2.24) is 5.32 Å². The van der Waals surface area contributed by atoms with Gasteiger partial charge in [0.1, 0.15) is 0 Å². The topological polar surface area (TPSA) is 58.2 Å². The summed E-state index contributed by atoms with van der Waals surface area (Å²) in [6.45, 7) is 2.08. The highest BCUT2D eigenvalue weighted by atomic mass is 35.5. The van der Waals surface area contributed by atoms with Crippen molar-refractivity contribution < 1.29 is 9.59 Å². The molecule has 0 saturated heterocycles. The lowest BCUT2D eigenvalue weighted by molar-refractivity contribution is 0.101. The Labute approximate surface area is 146 Å². The lowest BCUT2D eigenvalue weighted by atomic mass is 9.96. The number of rotatable bonds is 5. The van der Waals surface area contributed by atoms with Crippen LogP contribution in [0.25, 0.3) is 0 Å². The molecule has 0 spiro atoms. The number of carbonyl (C=O) groups excluding carboxylic acids is 2. The molecule has 4 nitrogen and oxygen atoms in total. The summed E-state index contributed by atoms with van der Waals surface area (Å²) in [6, 6.07) is 14.4. The number of nitrogens with one attached hydrogen (secondary N) is 2. The van der Waals surface area contributed by atoms with Crippen molar-refractivity contribution in [2.45, 2.75) is 25.2 Å². The van der Waals surface area contributed by atoms with Gasteiger partial charge >= 0.3 is 6.03 Å². The van der Waals surface area contributed by atoms with Crippen LogP contribution in [0.1, 0.15) is 35.7 Å². The number of urea groups is 1. The second-order valence-corrected chi connectivity index (χ2v) is 6.67. The molecule has 0 aromatic heterocycles. The maximum Gasteiger partial charge on any atom is 0.319 e. The number of hydrogen-bond donors (Lipinski definition) is 2. The Bertz CT molecular complexity index is 767. The fraction of sp³-hybridized carbons (Fsp3) is 0.263. The standard InChI is InChI=1S/C19H19ClN2O2/c1-13(23)14-3-2-4-17(11-14)22-18(24)21-12-19(9-10-19)15-5-7-16(20)8-6-15/h2-8,11H,9-10,12H2,1H3,(H2,21,22,24). The molecule has 5 heteroatoms. The third kappa shape index (κ3) is 3.77. The van der Waals surface area contributed by atoms with E-state index in [4.69, 9.17) is 11.6 Å². The predicted molar refractivity (Wildman–Crippen MR) is 95.8 cm³/mol. The summed E-state index contributed by atoms with van der Waals surface area (Å²) < 4.78 is 0. The lowest BCUT2D eigenvalue weighted by Gasteiger charge is -2.17. The number of anilines is 1. The molecule has 0 atom stereocenters. The van der Waals surface area contributed by atoms with Gasteiger partial charge in [0.2, 0.25) is 0 Å². The molecule has 3 rings (SSSR count). The van der Waals surface area contributed by atoms with E-state index in [-0.39, 0.29) is 17.2 Å². The van der Waals surface area contributed by atoms with Gasteiger partial charge in [0.05, 0.1) is 0 Å². The van der Waals surface area contributed by atoms with E-state index in [2.05, 4.69) is 10.6 Å². The van der Waals surface area contributed by atoms with Crippen LogP contribution in [0, 0.1) is 0 Å². The first-order valence-corrected chi connectivity index (χ1v) is 8.28. The van der Waals surface area contributed by atoms with E-state index in [1.165, 1.54) is 12.5 Å². The monoisotopic (exact) mass is 342 g/mol. The van der Waals surface area contributed by atoms with Crippen molar-refractivity contribution in [2.75, 3.05) is 11.9 Å². The summed E-state index contributed by atoms with van der Waals surface area (Å²) in [5.74, 6) is -0.0290. The molecule has 2 N–H and O–H groups in total. The molecule has 2 aromatic carbocycles. The van der Waals surface area contributed by atoms with E-state index in [0.29, 0.717) is 22.8 Å². The summed E-state index contributed by atoms with van der Waals surface area (Å²) >= 11 is 5.93. The van der Waals surface area contributed by atoms with Crippen molar-refractivity contribution in [1.29, 1.82) is 0 Å². The minimum Gasteiger partial charge on any atom is -0.337 e. The van der Waals surface area contributed by atoms with Crippen LogP contribution < -0.4 is 10.6 Å². The largest absolute Gasteiger partial charge is 0.337 e. The Kier molecular flexibility index (Phi) is 4.58. The van der Waals surface area contributed by atoms with Gasteiger partial charge in [0.15, 0.2) is 5.78 Å². The minimum absolute atomic E-state index is 0.0170. The zero-order chi connectivity index (χ0) is 17.2. The number of Topliss-reactive ketones (excluding diaryl/α,β-unsaturated/α-hetero) is 1. The quantitative estimate of drug-likeness (QED) is 0.791. The van der Waals surface area contributed by atoms with Gasteiger partial charge < -0.3 is 10.6 Å². The lowest BCUT2D eigenvalue weighted by Crippen LogP contribution is -2.35. The molecule has 0 aliphatic heterocycles. The molecular formula is C19H19ClN2O2. The number of amides is 2. The number of carbonyl (C=O) groups is 2. The zero-order valence-electron chi connectivity index (χ0n) is 13.4. The fourth-order valence-electron chi connectivity index (χ4n) is 2.76. The molecular weight excluding hydrogens is 324 g/mol. The molecule has 1 fully saturated rings. The van der Waals surface area contributed by atoms with Crippen molar-refractivity contribution in [3.8, 4) is 0 Å². The van der Waals surface area contributed by atoms with E-state index < -0.39 is 0 Å². The highest BCUT2D eigenvalue weighted by molar-refractivity contribution is 6.30. The highest BCUT2D eigenvalue weighted by Gasteiger charge is 2.44. The molecule has 1 saturated carbocycles. The summed E-state index contributed by atoms with van der Waals surface area (Å²) in [4.78, 5) is 23.5. The maximum absolute atomic E-state index is 12.1. The zero-order valence-corrected chi connectivity index (χ0v) is 14.2. The summed E-state index contributed by atoms with van der Waals surface area (Å²) in [5, 5.41) is 6.42. The van der Waals surface area contributed by atoms with Crippen molar-refractivity contribution in [2.24, 2.45) is 0 Å². The van der Waals surface area contributed by atoms with E-state index in [0.717, 1.165) is 12.8 Å². The molecule has 2 amide bonds. The third-order valence-electron chi connectivity index (χ3n) is 4.42. The number of ketones is 1. The maximum atomic E-state index is 12.1. The first kappa shape index (κ1) is 16.5. The van der Waals surface area contributed by atoms with Crippen LogP contribution in [0.15, 0.2) is 48.5 Å². The smallest absolute Gasteiger partial charge is 0.319 e. The second-order valence-electron chi connectivity index (χ2n) is 6.23. The molecule has 1 aliphatic rings. The first-order valence-electron chi connectivity index (χ1n) is 7.90. The predicted octanol–water partition coefficient (Wildman–Crippen LogP) is 4.40. The van der Waals surface area contributed by atoms with Crippen LogP contribution in [-0.2, 0) is 5.41 Å². The van der Waals surface area contributed by atoms with Gasteiger partial charge in [-0.2, -0.15) is 0 Å². The summed E-state index contributed by atoms with van der Waals surface area (Å²) in [6.07, 6.45) is 2.10. The van der Waals surface area contributed by atoms with Gasteiger partial charge in [-0.1, -0.05) is 35.9 Å². The Morgan fingerprint density at radius 1 is 1.12 bits per heavy atom. The third-order valence-corrected chi connectivity index (χ3v) is 4.68. The fourth-order valence-corrected chi connectivity index (χ4v) is 2.89. The molecule has 0 heterocycles. The Morgan fingerprint density at radius 3 is 2.46 bits per heavy atom. The Hall–Kier alpha value is -2.33. The summed E-state index contributed by atoms with van der Waals surface area (Å²) in [5.41, 5.74) is 2.40. The van der Waals surface area contributed by atoms with Crippen LogP contribution in [0.5, 0.6) is 0 Å². The van der Waals surface area contributed by atoms with Gasteiger partial charge in [-0.25, -0.2) is 4.79 Å². The SMILES string of the molecule is CC(=O)c1cccc(NC(=O)NCC2(c3ccc(Cl)cc3)CC2)c1. The van der Waals surface area contributed by atoms with Crippen LogP contribution in [0.4, 0.5) is 10.5 Å². The molecule has 124 valence electrons. The highest BCUT2D eigenvalue weighted by Crippen LogP contribution is 2.47. The van der Waals surface area contributed by atoms with Crippen molar-refractivity contribution in [3.63, 3.8) is 0 Å². The Balaban J connectivity index is 1.59. The molecule has 0 bridgehead atoms. The average molecular weight is 343 g/mol. The van der Waals surface area contributed by atoms with E-state index in [1.54, 1.807) is 24.3 Å². The normalized spacial score (nSPS) is 14.8. The van der Waals surface area contributed by atoms with Gasteiger partial charge in [0.25, 0.3) is 0 Å². The second kappa shape index (κ2) is 6.65. The molecule has 2 aromatic rings. The van der Waals surface area contributed by atoms with Crippen LogP contribution >= 0.6 is 11.6 Å². The van der Waals surface area contributed by atoms with Crippen molar-refractivity contribution >= 4 is 29.1 Å². The van der Waals surface area contributed by atoms with Crippen LogP contribution in [0.3, 0.4) is 0 Å². The van der Waals surface area contributed by atoms with Gasteiger partial charge in [-0.3, -0.25) is 4.79 Å². The summed E-state index contributed by atoms with van der Waals surface area (Å²) in [7, 11) is 0. The number of benzene rings is 2. The average Bonchev–Trinajstić information content (AvgIpc) is 3.35. The Morgan fingerprint density at radius 2 is 1.83 bits per heavy atom. The molecule has 0 unspecified atom stereocenters. The van der Waals surface area contributed by atoms with Crippen LogP contribution in [0.2, 0.25) is 5.02 Å². The molecule has 0 radical (unpaired) electrons. The van der Waals surface area contributed by atoms with E-state index in [9.17, 15) is 9.59 Å².